The van der Waals surface area contributed by atoms with Crippen LogP contribution in [0.25, 0.3) is 0 Å². The van der Waals surface area contributed by atoms with E-state index in [0.29, 0.717) is 12.1 Å². The van der Waals surface area contributed by atoms with E-state index in [-0.39, 0.29) is 35.4 Å². The molecule has 4 amide bonds. The maximum Gasteiger partial charge on any atom is 0.261 e. The average Bonchev–Trinajstić information content (AvgIpc) is 2.98. The molecule has 0 unspecified atom stereocenters. The normalized spacial score (nSPS) is 12.7. The van der Waals surface area contributed by atoms with Crippen molar-refractivity contribution in [1.82, 2.24) is 9.80 Å². The van der Waals surface area contributed by atoms with Crippen LogP contribution in [0.4, 0.5) is 5.69 Å². The molecule has 0 aliphatic carbocycles. The van der Waals surface area contributed by atoms with Gasteiger partial charge in [0, 0.05) is 24.8 Å². The number of imide groups is 1. The van der Waals surface area contributed by atoms with E-state index in [1.807, 2.05) is 39.0 Å². The number of fused-ring (bicyclic) bond motifs is 1. The summed E-state index contributed by atoms with van der Waals surface area (Å²) in [5, 5.41) is 2.86. The SMILES string of the molecule is CCCCN1C(=O)c2ccc(C(=O)N(C)CC(=O)Nc3c(C)cccc3C)cc2C1=O. The molecule has 2 aromatic carbocycles. The molecule has 0 bridgehead atoms. The predicted molar refractivity (Wildman–Crippen MR) is 118 cm³/mol. The summed E-state index contributed by atoms with van der Waals surface area (Å²) in [5.74, 6) is -1.41. The van der Waals surface area contributed by atoms with Gasteiger partial charge in [-0.2, -0.15) is 0 Å². The van der Waals surface area contributed by atoms with Gasteiger partial charge < -0.3 is 10.2 Å². The highest BCUT2D eigenvalue weighted by Gasteiger charge is 2.35. The van der Waals surface area contributed by atoms with Crippen LogP contribution in [0.2, 0.25) is 0 Å². The quantitative estimate of drug-likeness (QED) is 0.694. The number of amides is 4. The van der Waals surface area contributed by atoms with E-state index in [1.165, 1.54) is 35.0 Å². The predicted octanol–water partition coefficient (Wildman–Crippen LogP) is 3.41. The summed E-state index contributed by atoms with van der Waals surface area (Å²) in [6, 6.07) is 10.2. The van der Waals surface area contributed by atoms with Crippen molar-refractivity contribution >= 4 is 29.3 Å². The van der Waals surface area contributed by atoms with Crippen molar-refractivity contribution in [2.45, 2.75) is 33.6 Å². The minimum Gasteiger partial charge on any atom is -0.332 e. The highest BCUT2D eigenvalue weighted by atomic mass is 16.2. The number of nitrogens with zero attached hydrogens (tertiary/aromatic N) is 2. The lowest BCUT2D eigenvalue weighted by molar-refractivity contribution is -0.116. The molecule has 7 heteroatoms. The van der Waals surface area contributed by atoms with Gasteiger partial charge in [0.1, 0.15) is 0 Å². The molecule has 1 aliphatic heterocycles. The van der Waals surface area contributed by atoms with Gasteiger partial charge in [0.25, 0.3) is 17.7 Å². The minimum absolute atomic E-state index is 0.140. The number of carbonyl (C=O) groups is 4. The van der Waals surface area contributed by atoms with Gasteiger partial charge in [0.05, 0.1) is 17.7 Å². The van der Waals surface area contributed by atoms with Crippen molar-refractivity contribution in [3.8, 4) is 0 Å². The van der Waals surface area contributed by atoms with Gasteiger partial charge in [-0.05, 0) is 49.6 Å². The van der Waals surface area contributed by atoms with Crippen LogP contribution in [-0.2, 0) is 4.79 Å². The van der Waals surface area contributed by atoms with E-state index < -0.39 is 5.91 Å². The van der Waals surface area contributed by atoms with Gasteiger partial charge in [0.2, 0.25) is 5.91 Å². The van der Waals surface area contributed by atoms with Crippen molar-refractivity contribution in [2.75, 3.05) is 25.5 Å². The molecule has 1 N–H and O–H groups in total. The van der Waals surface area contributed by atoms with Crippen LogP contribution in [0.1, 0.15) is 62.0 Å². The largest absolute Gasteiger partial charge is 0.332 e. The second kappa shape index (κ2) is 9.12. The van der Waals surface area contributed by atoms with Crippen LogP contribution in [-0.4, -0.2) is 53.6 Å². The van der Waals surface area contributed by atoms with Crippen LogP contribution < -0.4 is 5.32 Å². The molecular weight excluding hydrogens is 394 g/mol. The topological polar surface area (TPSA) is 86.8 Å². The Morgan fingerprint density at radius 2 is 1.65 bits per heavy atom. The minimum atomic E-state index is -0.397. The Hall–Kier alpha value is -3.48. The molecule has 1 aliphatic rings. The van der Waals surface area contributed by atoms with Gasteiger partial charge in [-0.1, -0.05) is 31.5 Å². The van der Waals surface area contributed by atoms with Crippen molar-refractivity contribution in [2.24, 2.45) is 0 Å². The number of hydrogen-bond donors (Lipinski definition) is 1. The van der Waals surface area contributed by atoms with Crippen molar-refractivity contribution in [3.05, 3.63) is 64.2 Å². The third-order valence-corrected chi connectivity index (χ3v) is 5.43. The summed E-state index contributed by atoms with van der Waals surface area (Å²) in [5.41, 5.74) is 3.43. The van der Waals surface area contributed by atoms with E-state index in [2.05, 4.69) is 5.32 Å². The van der Waals surface area contributed by atoms with Crippen LogP contribution in [0.3, 0.4) is 0 Å². The first-order valence-electron chi connectivity index (χ1n) is 10.4. The third-order valence-electron chi connectivity index (χ3n) is 5.43. The monoisotopic (exact) mass is 421 g/mol. The molecule has 0 radical (unpaired) electrons. The molecule has 3 rings (SSSR count). The number of nitrogens with one attached hydrogen (secondary N) is 1. The van der Waals surface area contributed by atoms with E-state index in [0.717, 1.165) is 29.7 Å². The van der Waals surface area contributed by atoms with Crippen molar-refractivity contribution < 1.29 is 19.2 Å². The molecule has 1 heterocycles. The Kier molecular flexibility index (Phi) is 6.53. The first kappa shape index (κ1) is 22.2. The summed E-state index contributed by atoms with van der Waals surface area (Å²) in [7, 11) is 1.53. The number of likely N-dealkylation sites (N-methyl/N-ethyl adjacent to an activating group) is 1. The molecule has 0 spiro atoms. The first-order chi connectivity index (χ1) is 14.7. The standard InChI is InChI=1S/C24H27N3O4/c1-5-6-12-27-23(30)18-11-10-17(13-19(18)24(27)31)22(29)26(4)14-20(28)25-21-15(2)8-7-9-16(21)3/h7-11,13H,5-6,12,14H2,1-4H3,(H,25,28). The second-order valence-corrected chi connectivity index (χ2v) is 7.85. The number of carbonyl (C=O) groups excluding carboxylic acids is 4. The fourth-order valence-electron chi connectivity index (χ4n) is 3.64. The fraction of sp³-hybridized carbons (Fsp3) is 0.333. The molecule has 0 saturated heterocycles. The lowest BCUT2D eigenvalue weighted by atomic mass is 10.0. The number of hydrogen-bond acceptors (Lipinski definition) is 4. The number of aryl methyl sites for hydroxylation is 2. The van der Waals surface area contributed by atoms with Crippen molar-refractivity contribution in [3.63, 3.8) is 0 Å². The Morgan fingerprint density at radius 1 is 1.00 bits per heavy atom. The number of para-hydroxylation sites is 1. The van der Waals surface area contributed by atoms with Gasteiger partial charge in [-0.15, -0.1) is 0 Å². The van der Waals surface area contributed by atoms with E-state index in [4.69, 9.17) is 0 Å². The third kappa shape index (κ3) is 4.50. The van der Waals surface area contributed by atoms with Gasteiger partial charge in [-0.25, -0.2) is 0 Å². The second-order valence-electron chi connectivity index (χ2n) is 7.85. The molecule has 0 fully saturated rings. The van der Waals surface area contributed by atoms with Gasteiger partial charge in [0.15, 0.2) is 0 Å². The Morgan fingerprint density at radius 3 is 2.29 bits per heavy atom. The molecule has 0 atom stereocenters. The average molecular weight is 421 g/mol. The maximum absolute atomic E-state index is 12.8. The molecule has 2 aromatic rings. The highest BCUT2D eigenvalue weighted by molar-refractivity contribution is 6.22. The number of rotatable bonds is 7. The van der Waals surface area contributed by atoms with Gasteiger partial charge >= 0.3 is 0 Å². The summed E-state index contributed by atoms with van der Waals surface area (Å²) in [4.78, 5) is 52.9. The molecule has 0 saturated carbocycles. The Balaban J connectivity index is 1.71. The molecule has 31 heavy (non-hydrogen) atoms. The van der Waals surface area contributed by atoms with E-state index in [9.17, 15) is 19.2 Å². The van der Waals surface area contributed by atoms with Crippen LogP contribution in [0, 0.1) is 13.8 Å². The lowest BCUT2D eigenvalue weighted by Crippen LogP contribution is -2.35. The smallest absolute Gasteiger partial charge is 0.261 e. The highest BCUT2D eigenvalue weighted by Crippen LogP contribution is 2.25. The number of anilines is 1. The van der Waals surface area contributed by atoms with Crippen LogP contribution >= 0.6 is 0 Å². The zero-order valence-corrected chi connectivity index (χ0v) is 18.3. The molecule has 7 nitrogen and oxygen atoms in total. The van der Waals surface area contributed by atoms with E-state index in [1.54, 1.807) is 0 Å². The maximum atomic E-state index is 12.8. The fourth-order valence-corrected chi connectivity index (χ4v) is 3.64. The molecule has 162 valence electrons. The van der Waals surface area contributed by atoms with Gasteiger partial charge in [-0.3, -0.25) is 24.1 Å². The lowest BCUT2D eigenvalue weighted by Gasteiger charge is -2.18. The number of benzene rings is 2. The molecule has 0 aromatic heterocycles. The molecular formula is C24H27N3O4. The first-order valence-corrected chi connectivity index (χ1v) is 10.4. The van der Waals surface area contributed by atoms with Crippen molar-refractivity contribution in [1.29, 1.82) is 0 Å². The Labute approximate surface area is 182 Å². The van der Waals surface area contributed by atoms with Crippen LogP contribution in [0.15, 0.2) is 36.4 Å². The zero-order chi connectivity index (χ0) is 22.7. The summed E-state index contributed by atoms with van der Waals surface area (Å²) in [6.07, 6.45) is 1.60. The van der Waals surface area contributed by atoms with Crippen LogP contribution in [0.5, 0.6) is 0 Å². The summed E-state index contributed by atoms with van der Waals surface area (Å²) < 4.78 is 0. The zero-order valence-electron chi connectivity index (χ0n) is 18.3. The summed E-state index contributed by atoms with van der Waals surface area (Å²) in [6.45, 7) is 6.03. The van der Waals surface area contributed by atoms with E-state index >= 15 is 0 Å². The Bertz CT molecular complexity index is 1040. The summed E-state index contributed by atoms with van der Waals surface area (Å²) >= 11 is 0. The number of unbranched alkanes of at least 4 members (excludes halogenated alkanes) is 1.